The van der Waals surface area contributed by atoms with Crippen LogP contribution in [0, 0.1) is 18.7 Å². The van der Waals surface area contributed by atoms with Crippen LogP contribution < -0.4 is 9.62 Å². The number of amides is 1. The average Bonchev–Trinajstić information content (AvgIpc) is 3.24. The lowest BCUT2D eigenvalue weighted by molar-refractivity contribution is 0.0976. The third kappa shape index (κ3) is 7.99. The molecule has 37 heavy (non-hydrogen) atoms. The molecule has 0 unspecified atom stereocenters. The fourth-order valence-electron chi connectivity index (χ4n) is 4.67. The van der Waals surface area contributed by atoms with Crippen molar-refractivity contribution in [1.82, 2.24) is 9.71 Å². The van der Waals surface area contributed by atoms with Gasteiger partial charge < -0.3 is 4.90 Å². The lowest BCUT2D eigenvalue weighted by atomic mass is 9.87. The number of halogens is 2. The second kappa shape index (κ2) is 12.4. The number of sulfonamides is 1. The molecule has 0 bridgehead atoms. The minimum Gasteiger partial charge on any atom is -0.344 e. The average molecular weight is 564 g/mol. The molecule has 1 heterocycles. The van der Waals surface area contributed by atoms with E-state index in [1.807, 2.05) is 24.3 Å². The molecular formula is C27H31ClFN3O3S2. The van der Waals surface area contributed by atoms with Gasteiger partial charge >= 0.3 is 0 Å². The Bertz CT molecular complexity index is 1320. The third-order valence-electron chi connectivity index (χ3n) is 6.58. The van der Waals surface area contributed by atoms with Gasteiger partial charge in [-0.25, -0.2) is 22.5 Å². The molecule has 0 saturated heterocycles. The Morgan fingerprint density at radius 2 is 1.86 bits per heavy atom. The van der Waals surface area contributed by atoms with Crippen LogP contribution in [0.15, 0.2) is 48.5 Å². The van der Waals surface area contributed by atoms with E-state index in [0.717, 1.165) is 24.6 Å². The predicted octanol–water partition coefficient (Wildman–Crippen LogP) is 6.48. The van der Waals surface area contributed by atoms with E-state index in [9.17, 15) is 17.6 Å². The normalized spacial score (nSPS) is 14.5. The van der Waals surface area contributed by atoms with E-state index in [1.54, 1.807) is 6.92 Å². The first-order valence-electron chi connectivity index (χ1n) is 12.4. The Kier molecular flexibility index (Phi) is 9.21. The molecular weight excluding hydrogens is 533 g/mol. The number of aryl methyl sites for hydroxylation is 1. The number of benzene rings is 2. The molecule has 1 saturated carbocycles. The number of thiazole rings is 1. The second-order valence-electron chi connectivity index (χ2n) is 9.56. The van der Waals surface area contributed by atoms with Gasteiger partial charge in [0.15, 0.2) is 5.13 Å². The molecule has 6 nitrogen and oxygen atoms in total. The third-order valence-corrected chi connectivity index (χ3v) is 9.08. The highest BCUT2D eigenvalue weighted by molar-refractivity contribution is 7.89. The van der Waals surface area contributed by atoms with Crippen molar-refractivity contribution in [3.8, 4) is 0 Å². The first-order chi connectivity index (χ1) is 17.7. The highest BCUT2D eigenvalue weighted by Gasteiger charge is 2.24. The Hall–Kier alpha value is -2.49. The van der Waals surface area contributed by atoms with E-state index in [4.69, 9.17) is 11.6 Å². The number of anilines is 1. The van der Waals surface area contributed by atoms with E-state index >= 15 is 0 Å². The van der Waals surface area contributed by atoms with Crippen molar-refractivity contribution in [2.24, 2.45) is 5.92 Å². The van der Waals surface area contributed by atoms with Gasteiger partial charge in [0.1, 0.15) is 11.5 Å². The van der Waals surface area contributed by atoms with E-state index < -0.39 is 27.5 Å². The summed E-state index contributed by atoms with van der Waals surface area (Å²) in [6, 6.07) is 13.0. The number of carbonyl (C=O) groups is 1. The van der Waals surface area contributed by atoms with E-state index in [-0.39, 0.29) is 11.3 Å². The Labute approximate surface area is 226 Å². The van der Waals surface area contributed by atoms with E-state index in [0.29, 0.717) is 27.5 Å². The van der Waals surface area contributed by atoms with Gasteiger partial charge in [-0.3, -0.25) is 4.79 Å². The molecule has 0 radical (unpaired) electrons. The van der Waals surface area contributed by atoms with Crippen LogP contribution in [0.25, 0.3) is 0 Å². The first kappa shape index (κ1) is 27.5. The zero-order valence-electron chi connectivity index (χ0n) is 20.8. The van der Waals surface area contributed by atoms with Gasteiger partial charge in [-0.15, -0.1) is 11.3 Å². The Morgan fingerprint density at radius 3 is 2.57 bits per heavy atom. The Balaban J connectivity index is 1.50. The summed E-state index contributed by atoms with van der Waals surface area (Å²) in [4.78, 5) is 20.3. The minimum atomic E-state index is -4.03. The largest absolute Gasteiger partial charge is 0.344 e. The number of nitrogens with zero attached hydrogens (tertiary/aromatic N) is 2. The highest BCUT2D eigenvalue weighted by atomic mass is 35.5. The lowest BCUT2D eigenvalue weighted by Gasteiger charge is -2.27. The molecule has 0 atom stereocenters. The van der Waals surface area contributed by atoms with Gasteiger partial charge in [-0.05, 0) is 54.7 Å². The first-order valence-corrected chi connectivity index (χ1v) is 15.3. The van der Waals surface area contributed by atoms with Gasteiger partial charge in [-0.1, -0.05) is 68.0 Å². The second-order valence-corrected chi connectivity index (χ2v) is 12.9. The van der Waals surface area contributed by atoms with Crippen LogP contribution in [0.2, 0.25) is 5.02 Å². The summed E-state index contributed by atoms with van der Waals surface area (Å²) in [7, 11) is -4.03. The molecule has 3 aromatic rings. The number of rotatable bonds is 10. The van der Waals surface area contributed by atoms with Gasteiger partial charge in [0.05, 0.1) is 5.75 Å². The van der Waals surface area contributed by atoms with Crippen molar-refractivity contribution in [1.29, 1.82) is 0 Å². The molecule has 1 N–H and O–H groups in total. The SMILES string of the molecule is Cc1sc(N(CCC2CCCCC2)Cc2ccc(Cl)cc2)nc1C(=O)NS(=O)(=O)Cc1cccc(F)c1. The predicted molar refractivity (Wildman–Crippen MR) is 147 cm³/mol. The van der Waals surface area contributed by atoms with Crippen LogP contribution in [0.5, 0.6) is 0 Å². The zero-order valence-corrected chi connectivity index (χ0v) is 23.1. The molecule has 1 aliphatic carbocycles. The Morgan fingerprint density at radius 1 is 1.14 bits per heavy atom. The van der Waals surface area contributed by atoms with Crippen LogP contribution >= 0.6 is 22.9 Å². The summed E-state index contributed by atoms with van der Waals surface area (Å²) in [6.07, 6.45) is 7.36. The van der Waals surface area contributed by atoms with Crippen molar-refractivity contribution in [2.75, 3.05) is 11.4 Å². The smallest absolute Gasteiger partial charge is 0.284 e. The summed E-state index contributed by atoms with van der Waals surface area (Å²) in [5.41, 5.74) is 1.42. The summed E-state index contributed by atoms with van der Waals surface area (Å²) in [5.74, 6) is -1.14. The summed E-state index contributed by atoms with van der Waals surface area (Å²) in [5, 5.41) is 1.34. The number of aromatic nitrogens is 1. The molecule has 10 heteroatoms. The van der Waals surface area contributed by atoms with E-state index in [1.165, 1.54) is 61.6 Å². The van der Waals surface area contributed by atoms with Crippen LogP contribution in [0.3, 0.4) is 0 Å². The monoisotopic (exact) mass is 563 g/mol. The van der Waals surface area contributed by atoms with Crippen LogP contribution in [0.1, 0.15) is 65.0 Å². The fraction of sp³-hybridized carbons (Fsp3) is 0.407. The molecule has 0 aliphatic heterocycles. The number of hydrogen-bond acceptors (Lipinski definition) is 6. The van der Waals surface area contributed by atoms with E-state index in [2.05, 4.69) is 14.6 Å². The molecule has 0 spiro atoms. The van der Waals surface area contributed by atoms with Crippen molar-refractivity contribution >= 4 is 44.0 Å². The number of nitrogens with one attached hydrogen (secondary N) is 1. The van der Waals surface area contributed by atoms with Gasteiger partial charge in [0, 0.05) is 23.0 Å². The molecule has 198 valence electrons. The zero-order chi connectivity index (χ0) is 26.4. The van der Waals surface area contributed by atoms with Gasteiger partial charge in [0.25, 0.3) is 5.91 Å². The van der Waals surface area contributed by atoms with Crippen molar-refractivity contribution in [3.63, 3.8) is 0 Å². The molecule has 1 fully saturated rings. The highest BCUT2D eigenvalue weighted by Crippen LogP contribution is 2.31. The molecule has 1 aliphatic rings. The number of carbonyl (C=O) groups excluding carboxylic acids is 1. The van der Waals surface area contributed by atoms with Crippen LogP contribution in [0.4, 0.5) is 9.52 Å². The standard InChI is InChI=1S/C27H31ClFN3O3S2/c1-19-25(26(33)31-37(34,35)18-22-8-5-9-24(29)16-22)30-27(36-19)32(15-14-20-6-3-2-4-7-20)17-21-10-12-23(28)13-11-21/h5,8-13,16,20H,2-4,6-7,14-15,17-18H2,1H3,(H,31,33). The number of hydrogen-bond donors (Lipinski definition) is 1. The fourth-order valence-corrected chi connectivity index (χ4v) is 6.79. The molecule has 4 rings (SSSR count). The van der Waals surface area contributed by atoms with Gasteiger partial charge in [0.2, 0.25) is 10.0 Å². The maximum Gasteiger partial charge on any atom is 0.284 e. The van der Waals surface area contributed by atoms with Crippen molar-refractivity contribution in [3.05, 3.63) is 81.1 Å². The quantitative estimate of drug-likeness (QED) is 0.305. The summed E-state index contributed by atoms with van der Waals surface area (Å²) in [6.45, 7) is 3.16. The maximum absolute atomic E-state index is 13.5. The van der Waals surface area contributed by atoms with Crippen LogP contribution in [-0.2, 0) is 22.3 Å². The summed E-state index contributed by atoms with van der Waals surface area (Å²) < 4.78 is 40.7. The van der Waals surface area contributed by atoms with Crippen molar-refractivity contribution < 1.29 is 17.6 Å². The van der Waals surface area contributed by atoms with Gasteiger partial charge in [-0.2, -0.15) is 0 Å². The van der Waals surface area contributed by atoms with Crippen LogP contribution in [-0.4, -0.2) is 25.9 Å². The lowest BCUT2D eigenvalue weighted by Crippen LogP contribution is -2.32. The molecule has 2 aromatic carbocycles. The molecule has 1 amide bonds. The summed E-state index contributed by atoms with van der Waals surface area (Å²) >= 11 is 7.44. The maximum atomic E-state index is 13.5. The topological polar surface area (TPSA) is 79.4 Å². The minimum absolute atomic E-state index is 0.0848. The van der Waals surface area contributed by atoms with Crippen molar-refractivity contribution in [2.45, 2.75) is 57.7 Å². The molecule has 1 aromatic heterocycles.